The Morgan fingerprint density at radius 1 is 1.50 bits per heavy atom. The van der Waals surface area contributed by atoms with Crippen molar-refractivity contribution in [2.75, 3.05) is 13.6 Å². The van der Waals surface area contributed by atoms with E-state index in [1.54, 1.807) is 11.8 Å². The predicted molar refractivity (Wildman–Crippen MR) is 60.0 cm³/mol. The Morgan fingerprint density at radius 2 is 2.00 bits per heavy atom. The van der Waals surface area contributed by atoms with E-state index in [1.807, 2.05) is 14.0 Å². The van der Waals surface area contributed by atoms with Gasteiger partial charge in [0, 0.05) is 13.6 Å². The zero-order valence-electron chi connectivity index (χ0n) is 10.1. The second-order valence-corrected chi connectivity index (χ2v) is 4.68. The molecule has 3 nitrogen and oxygen atoms in total. The number of rotatable bonds is 5. The molecule has 1 atom stereocenters. The SMILES string of the molecule is CCC(C)(N)C(=O)N(C)CCC(C)C. The van der Waals surface area contributed by atoms with Gasteiger partial charge in [-0.25, -0.2) is 0 Å². The summed E-state index contributed by atoms with van der Waals surface area (Å²) >= 11 is 0. The van der Waals surface area contributed by atoms with E-state index < -0.39 is 5.54 Å². The second kappa shape index (κ2) is 5.35. The molecule has 0 saturated carbocycles. The van der Waals surface area contributed by atoms with Crippen LogP contribution in [0.4, 0.5) is 0 Å². The van der Waals surface area contributed by atoms with Crippen molar-refractivity contribution >= 4 is 5.91 Å². The fraction of sp³-hybridized carbons (Fsp3) is 0.909. The smallest absolute Gasteiger partial charge is 0.242 e. The van der Waals surface area contributed by atoms with Crippen molar-refractivity contribution in [3.63, 3.8) is 0 Å². The molecule has 3 heteroatoms. The van der Waals surface area contributed by atoms with Crippen molar-refractivity contribution in [3.05, 3.63) is 0 Å². The predicted octanol–water partition coefficient (Wildman–Crippen LogP) is 1.62. The van der Waals surface area contributed by atoms with E-state index in [9.17, 15) is 4.79 Å². The first-order valence-corrected chi connectivity index (χ1v) is 5.35. The quantitative estimate of drug-likeness (QED) is 0.733. The molecule has 0 fully saturated rings. The maximum atomic E-state index is 11.8. The Labute approximate surface area is 87.6 Å². The third-order valence-corrected chi connectivity index (χ3v) is 2.61. The van der Waals surface area contributed by atoms with Crippen molar-refractivity contribution in [2.24, 2.45) is 11.7 Å². The fourth-order valence-electron chi connectivity index (χ4n) is 1.14. The van der Waals surface area contributed by atoms with Gasteiger partial charge in [0.1, 0.15) is 0 Å². The molecule has 0 rings (SSSR count). The summed E-state index contributed by atoms with van der Waals surface area (Å²) in [6.45, 7) is 8.83. The maximum absolute atomic E-state index is 11.8. The summed E-state index contributed by atoms with van der Waals surface area (Å²) in [5.74, 6) is 0.663. The lowest BCUT2D eigenvalue weighted by Crippen LogP contribution is -2.51. The Bertz CT molecular complexity index is 188. The van der Waals surface area contributed by atoms with E-state index in [0.717, 1.165) is 13.0 Å². The number of hydrogen-bond acceptors (Lipinski definition) is 2. The molecule has 2 N–H and O–H groups in total. The van der Waals surface area contributed by atoms with E-state index in [0.29, 0.717) is 12.3 Å². The van der Waals surface area contributed by atoms with Gasteiger partial charge in [-0.15, -0.1) is 0 Å². The largest absolute Gasteiger partial charge is 0.344 e. The molecule has 0 heterocycles. The van der Waals surface area contributed by atoms with Crippen LogP contribution in [0.2, 0.25) is 0 Å². The normalized spacial score (nSPS) is 15.4. The van der Waals surface area contributed by atoms with Crippen LogP contribution in [0.25, 0.3) is 0 Å². The lowest BCUT2D eigenvalue weighted by atomic mass is 9.98. The number of amides is 1. The Hall–Kier alpha value is -0.570. The van der Waals surface area contributed by atoms with Crippen LogP contribution in [-0.4, -0.2) is 29.9 Å². The van der Waals surface area contributed by atoms with Crippen LogP contribution < -0.4 is 5.73 Å². The molecular weight excluding hydrogens is 176 g/mol. The van der Waals surface area contributed by atoms with Crippen molar-refractivity contribution < 1.29 is 4.79 Å². The highest BCUT2D eigenvalue weighted by molar-refractivity contribution is 5.85. The summed E-state index contributed by atoms with van der Waals surface area (Å²) in [7, 11) is 1.82. The summed E-state index contributed by atoms with van der Waals surface area (Å²) in [6.07, 6.45) is 1.71. The van der Waals surface area contributed by atoms with Gasteiger partial charge in [-0.1, -0.05) is 20.8 Å². The highest BCUT2D eigenvalue weighted by Gasteiger charge is 2.28. The summed E-state index contributed by atoms with van der Waals surface area (Å²) in [4.78, 5) is 13.5. The van der Waals surface area contributed by atoms with Crippen molar-refractivity contribution in [3.8, 4) is 0 Å². The number of nitrogens with two attached hydrogens (primary N) is 1. The molecule has 84 valence electrons. The van der Waals surface area contributed by atoms with E-state index in [1.165, 1.54) is 0 Å². The highest BCUT2D eigenvalue weighted by Crippen LogP contribution is 2.10. The molecule has 0 aromatic rings. The summed E-state index contributed by atoms with van der Waals surface area (Å²) < 4.78 is 0. The molecule has 14 heavy (non-hydrogen) atoms. The van der Waals surface area contributed by atoms with Gasteiger partial charge in [0.2, 0.25) is 5.91 Å². The van der Waals surface area contributed by atoms with E-state index in [4.69, 9.17) is 5.73 Å². The van der Waals surface area contributed by atoms with Gasteiger partial charge < -0.3 is 10.6 Å². The van der Waals surface area contributed by atoms with Crippen LogP contribution in [0.3, 0.4) is 0 Å². The Balaban J connectivity index is 4.12. The van der Waals surface area contributed by atoms with Gasteiger partial charge in [-0.05, 0) is 25.7 Å². The van der Waals surface area contributed by atoms with Gasteiger partial charge in [0.15, 0.2) is 0 Å². The van der Waals surface area contributed by atoms with Gasteiger partial charge >= 0.3 is 0 Å². The third-order valence-electron chi connectivity index (χ3n) is 2.61. The van der Waals surface area contributed by atoms with E-state index in [-0.39, 0.29) is 5.91 Å². The van der Waals surface area contributed by atoms with Crippen LogP contribution in [0.5, 0.6) is 0 Å². The van der Waals surface area contributed by atoms with Gasteiger partial charge in [0.05, 0.1) is 5.54 Å². The molecule has 0 saturated heterocycles. The number of hydrogen-bond donors (Lipinski definition) is 1. The minimum absolute atomic E-state index is 0.0423. The average Bonchev–Trinajstić information content (AvgIpc) is 2.12. The number of likely N-dealkylation sites (N-methyl/N-ethyl adjacent to an activating group) is 1. The molecule has 0 aliphatic carbocycles. The van der Waals surface area contributed by atoms with Crippen molar-refractivity contribution in [2.45, 2.75) is 46.1 Å². The van der Waals surface area contributed by atoms with Crippen LogP contribution >= 0.6 is 0 Å². The second-order valence-electron chi connectivity index (χ2n) is 4.68. The van der Waals surface area contributed by atoms with Gasteiger partial charge in [-0.2, -0.15) is 0 Å². The molecule has 1 unspecified atom stereocenters. The lowest BCUT2D eigenvalue weighted by Gasteiger charge is -2.28. The number of carbonyl (C=O) groups is 1. The zero-order valence-corrected chi connectivity index (χ0v) is 10.1. The first kappa shape index (κ1) is 13.4. The topological polar surface area (TPSA) is 46.3 Å². The molecule has 0 aliphatic rings. The third kappa shape index (κ3) is 4.09. The molecule has 0 aromatic heterocycles. The average molecular weight is 200 g/mol. The summed E-state index contributed by atoms with van der Waals surface area (Å²) in [5.41, 5.74) is 5.17. The molecule has 0 aromatic carbocycles. The van der Waals surface area contributed by atoms with Crippen molar-refractivity contribution in [1.29, 1.82) is 0 Å². The van der Waals surface area contributed by atoms with Crippen LogP contribution in [-0.2, 0) is 4.79 Å². The molecule has 1 amide bonds. The molecule has 0 radical (unpaired) electrons. The number of carbonyl (C=O) groups excluding carboxylic acids is 1. The lowest BCUT2D eigenvalue weighted by molar-refractivity contribution is -0.135. The van der Waals surface area contributed by atoms with Crippen LogP contribution in [0, 0.1) is 5.92 Å². The zero-order chi connectivity index (χ0) is 11.4. The summed E-state index contributed by atoms with van der Waals surface area (Å²) in [6, 6.07) is 0. The van der Waals surface area contributed by atoms with Crippen LogP contribution in [0.1, 0.15) is 40.5 Å². The number of nitrogens with zero attached hydrogens (tertiary/aromatic N) is 1. The minimum Gasteiger partial charge on any atom is -0.344 e. The highest BCUT2D eigenvalue weighted by atomic mass is 16.2. The standard InChI is InChI=1S/C11H24N2O/c1-6-11(4,12)10(14)13(5)8-7-9(2)3/h9H,6-8,12H2,1-5H3. The first-order valence-electron chi connectivity index (χ1n) is 5.35. The fourth-order valence-corrected chi connectivity index (χ4v) is 1.14. The maximum Gasteiger partial charge on any atom is 0.242 e. The molecule has 0 aliphatic heterocycles. The monoisotopic (exact) mass is 200 g/mol. The van der Waals surface area contributed by atoms with Crippen LogP contribution in [0.15, 0.2) is 0 Å². The van der Waals surface area contributed by atoms with E-state index in [2.05, 4.69) is 13.8 Å². The molecular formula is C11H24N2O. The van der Waals surface area contributed by atoms with E-state index >= 15 is 0 Å². The van der Waals surface area contributed by atoms with Gasteiger partial charge in [0.25, 0.3) is 0 Å². The van der Waals surface area contributed by atoms with Gasteiger partial charge in [-0.3, -0.25) is 4.79 Å². The Morgan fingerprint density at radius 3 is 2.36 bits per heavy atom. The Kier molecular flexibility index (Phi) is 5.13. The molecule has 0 bridgehead atoms. The molecule has 0 spiro atoms. The summed E-state index contributed by atoms with van der Waals surface area (Å²) in [5, 5.41) is 0. The first-order chi connectivity index (χ1) is 6.31. The minimum atomic E-state index is -0.703. The van der Waals surface area contributed by atoms with Crippen molar-refractivity contribution in [1.82, 2.24) is 4.90 Å².